The summed E-state index contributed by atoms with van der Waals surface area (Å²) in [5, 5.41) is 36.9. The first-order chi connectivity index (χ1) is 37.6. The van der Waals surface area contributed by atoms with E-state index in [1.165, 1.54) is 61.7 Å². The maximum atomic E-state index is 11.6. The van der Waals surface area contributed by atoms with E-state index in [0.29, 0.717) is 81.0 Å². The fraction of sp³-hybridized carbons (Fsp3) is 0.525. The third-order valence-corrected chi connectivity index (χ3v) is 14.1. The summed E-state index contributed by atoms with van der Waals surface area (Å²) in [6.07, 6.45) is 10.2. The molecule has 80 heavy (non-hydrogen) atoms. The van der Waals surface area contributed by atoms with E-state index in [1.54, 1.807) is 13.8 Å². The van der Waals surface area contributed by atoms with Crippen LogP contribution in [0, 0.1) is 58.7 Å². The van der Waals surface area contributed by atoms with Crippen LogP contribution in [-0.4, -0.2) is 94.6 Å². The number of carbonyl (C=O) groups is 4. The number of ether oxygens (including phenoxy) is 4. The second kappa shape index (κ2) is 40.0. The molecule has 432 valence electrons. The quantitative estimate of drug-likeness (QED) is 0.0169. The monoisotopic (exact) mass is 1140 g/mol. The smallest absolute Gasteiger partial charge is 0.314 e. The number of thiophene rings is 2. The van der Waals surface area contributed by atoms with E-state index in [0.717, 1.165) is 67.1 Å². The number of hydrogen-bond donors (Lipinski definition) is 1. The number of benzene rings is 2. The number of hydrogen-bond acceptors (Lipinski definition) is 18. The molecule has 1 aliphatic rings. The average molecular weight is 1140 g/mol. The van der Waals surface area contributed by atoms with E-state index < -0.39 is 11.9 Å². The van der Waals surface area contributed by atoms with Crippen LogP contribution < -0.4 is 9.80 Å². The van der Waals surface area contributed by atoms with Crippen molar-refractivity contribution >= 4 is 95.5 Å². The van der Waals surface area contributed by atoms with Crippen molar-refractivity contribution in [2.24, 2.45) is 20.5 Å². The van der Waals surface area contributed by atoms with Crippen molar-refractivity contribution < 1.29 is 43.2 Å². The Labute approximate surface area is 482 Å². The normalized spacial score (nSPS) is 11.4. The molecule has 0 saturated carbocycles. The third kappa shape index (κ3) is 24.8. The number of ketones is 1. The van der Waals surface area contributed by atoms with Crippen LogP contribution in [0.25, 0.3) is 14.5 Å². The van der Waals surface area contributed by atoms with Gasteiger partial charge in [-0.3, -0.25) is 14.4 Å². The first kappa shape index (κ1) is 70.8. The van der Waals surface area contributed by atoms with Gasteiger partial charge >= 0.3 is 17.9 Å². The Hall–Kier alpha value is -7.24. The number of cyclic esters (lactones) is 2. The number of nitriles is 1. The van der Waals surface area contributed by atoms with Gasteiger partial charge in [-0.2, -0.15) is 25.7 Å². The van der Waals surface area contributed by atoms with E-state index in [9.17, 15) is 24.4 Å². The molecule has 5 rings (SSSR count). The summed E-state index contributed by atoms with van der Waals surface area (Å²) in [5.41, 5.74) is 7.64. The van der Waals surface area contributed by atoms with Crippen molar-refractivity contribution in [2.45, 2.75) is 140 Å². The lowest BCUT2D eigenvalue weighted by Crippen LogP contribution is -2.29. The molecule has 0 atom stereocenters. The van der Waals surface area contributed by atoms with Crippen molar-refractivity contribution in [3.8, 4) is 6.07 Å². The third-order valence-electron chi connectivity index (χ3n) is 11.9. The highest BCUT2D eigenvalue weighted by Gasteiger charge is 2.20. The van der Waals surface area contributed by atoms with Gasteiger partial charge in [-0.25, -0.2) is 14.5 Å². The molecule has 3 heterocycles. The first-order valence-electron chi connectivity index (χ1n) is 26.1. The summed E-state index contributed by atoms with van der Waals surface area (Å²) in [4.78, 5) is 58.2. The molecule has 19 nitrogen and oxygen atoms in total. The number of esters is 3. The van der Waals surface area contributed by atoms with Crippen molar-refractivity contribution in [1.82, 2.24) is 0 Å². The Morgan fingerprint density at radius 1 is 0.675 bits per heavy atom. The molecule has 21 heteroatoms. The summed E-state index contributed by atoms with van der Waals surface area (Å²) in [6.45, 7) is 40.6. The Kier molecular flexibility index (Phi) is 35.4. The lowest BCUT2D eigenvalue weighted by molar-refractivity contribution is -0.152. The second-order valence-corrected chi connectivity index (χ2v) is 20.0. The van der Waals surface area contributed by atoms with E-state index in [1.807, 2.05) is 38.1 Å². The number of rotatable bonds is 30. The summed E-state index contributed by atoms with van der Waals surface area (Å²) in [6, 6.07) is 14.2. The van der Waals surface area contributed by atoms with Crippen molar-refractivity contribution in [3.63, 3.8) is 0 Å². The van der Waals surface area contributed by atoms with E-state index in [4.69, 9.17) is 39.0 Å². The van der Waals surface area contributed by atoms with Gasteiger partial charge in [-0.15, -0.1) is 22.7 Å². The fourth-order valence-electron chi connectivity index (χ4n) is 7.49. The number of unbranched alkanes of at least 4 members (excludes halogenated alkanes) is 6. The van der Waals surface area contributed by atoms with Crippen molar-refractivity contribution in [3.05, 3.63) is 97.8 Å². The Balaban J connectivity index is 0.000000704. The Morgan fingerprint density at radius 3 is 1.60 bits per heavy atom. The standard InChI is InChI=1S/C29H37N5O4S.C24H31N5O2S.C4H4O3.2CH4/c1-6-7-8-9-14-34(15-16-37-17-18-38-27(36)13-10-22(3)35)24-11-12-25(21(2)19-24)32-33-29-28(31-5)23(4)26(20-30)39-29;1-6-7-8-9-12-29(13-15-31-16-14-30)20-10-11-21(18(2)17-20)27-28-24-22(25-4)19(3)23(26-5)32-24;5-3-1-2-4(6)7-3;;/h11-12,19H,6-10,13-18H2,1-4H3;10-11,17,30H,6-9,12-16H2,1-3H3;1-2H2;2*1H4. The zero-order valence-electron chi connectivity index (χ0n) is 46.0. The lowest BCUT2D eigenvalue weighted by Gasteiger charge is -2.25. The minimum Gasteiger partial charge on any atom is -0.463 e. The van der Waals surface area contributed by atoms with Gasteiger partial charge < -0.3 is 38.6 Å². The van der Waals surface area contributed by atoms with Crippen LogP contribution in [0.4, 0.5) is 49.1 Å². The predicted octanol–water partition coefficient (Wildman–Crippen LogP) is 15.9. The molecule has 0 aliphatic carbocycles. The van der Waals surface area contributed by atoms with Gasteiger partial charge in [0.1, 0.15) is 28.5 Å². The topological polar surface area (TPSA) is 218 Å². The van der Waals surface area contributed by atoms with Crippen LogP contribution in [0.1, 0.15) is 140 Å². The van der Waals surface area contributed by atoms with Crippen LogP contribution in [0.2, 0.25) is 0 Å². The molecule has 0 bridgehead atoms. The SMILES string of the molecule is C.C.O=C1CCC(=O)O1.[C-]#[N+]c1c(N=Nc2ccc(N(CCCCCC)CCOCCOC(=O)CCC(C)=O)cc2C)sc(C#N)c1C.[C-]#[N+]c1sc(N=Nc2ccc(N(CCCCCC)CCOCCO)cc2C)c([N+]#[C-])c1C. The van der Waals surface area contributed by atoms with Gasteiger partial charge in [0.05, 0.1) is 88.3 Å². The molecule has 2 aromatic carbocycles. The number of aliphatic hydroxyl groups is 1. The van der Waals surface area contributed by atoms with Gasteiger partial charge in [0.2, 0.25) is 16.4 Å². The summed E-state index contributed by atoms with van der Waals surface area (Å²) in [5.74, 6) is -1.21. The van der Waals surface area contributed by atoms with E-state index in [2.05, 4.69) is 81.6 Å². The van der Waals surface area contributed by atoms with Crippen LogP contribution >= 0.6 is 22.7 Å². The predicted molar refractivity (Wildman–Crippen MR) is 318 cm³/mol. The van der Waals surface area contributed by atoms with E-state index in [-0.39, 0.29) is 65.5 Å². The maximum Gasteiger partial charge on any atom is 0.314 e. The van der Waals surface area contributed by atoms with Crippen LogP contribution in [0.15, 0.2) is 56.9 Å². The molecule has 4 aromatic rings. The van der Waals surface area contributed by atoms with Crippen molar-refractivity contribution in [1.29, 1.82) is 5.26 Å². The lowest BCUT2D eigenvalue weighted by atomic mass is 10.1. The number of nitrogens with zero attached hydrogens (tertiary/aromatic N) is 10. The largest absolute Gasteiger partial charge is 0.463 e. The van der Waals surface area contributed by atoms with Gasteiger partial charge in [0, 0.05) is 44.0 Å². The maximum absolute atomic E-state index is 11.6. The zero-order chi connectivity index (χ0) is 57.2. The number of azo groups is 2. The minimum absolute atomic E-state index is 0. The fourth-order valence-corrected chi connectivity index (χ4v) is 9.21. The highest BCUT2D eigenvalue weighted by atomic mass is 32.1. The first-order valence-corrected chi connectivity index (χ1v) is 27.8. The molecule has 1 aliphatic heterocycles. The van der Waals surface area contributed by atoms with Gasteiger partial charge in [0.15, 0.2) is 0 Å². The molecular weight excluding hydrogens is 1060 g/mol. The summed E-state index contributed by atoms with van der Waals surface area (Å²) < 4.78 is 20.4. The molecular formula is C59H80N10O9S2. The van der Waals surface area contributed by atoms with E-state index >= 15 is 0 Å². The van der Waals surface area contributed by atoms with Gasteiger partial charge in [-0.1, -0.05) is 74.1 Å². The van der Waals surface area contributed by atoms with Gasteiger partial charge in [-0.05, 0) is 99.2 Å². The highest BCUT2D eigenvalue weighted by molar-refractivity contribution is 7.20. The van der Waals surface area contributed by atoms with Crippen molar-refractivity contribution in [2.75, 3.05) is 75.6 Å². The molecule has 0 spiro atoms. The second-order valence-electron chi connectivity index (χ2n) is 18.0. The van der Waals surface area contributed by atoms with Gasteiger partial charge in [0.25, 0.3) is 0 Å². The zero-order valence-corrected chi connectivity index (χ0v) is 47.7. The molecule has 2 aromatic heterocycles. The Bertz CT molecular complexity index is 2810. The molecule has 0 unspecified atom stereocenters. The summed E-state index contributed by atoms with van der Waals surface area (Å²) >= 11 is 2.38. The van der Waals surface area contributed by atoms with Crippen LogP contribution in [0.3, 0.4) is 0 Å². The van der Waals surface area contributed by atoms with Crippen LogP contribution in [-0.2, 0) is 38.1 Å². The number of anilines is 2. The number of aliphatic hydroxyl groups excluding tert-OH is 1. The molecule has 0 radical (unpaired) electrons. The molecule has 0 amide bonds. The molecule has 1 saturated heterocycles. The molecule has 1 N–H and O–H groups in total. The highest BCUT2D eigenvalue weighted by Crippen LogP contribution is 2.47. The minimum atomic E-state index is -0.398. The Morgan fingerprint density at radius 2 is 1.18 bits per heavy atom. The number of Topliss-reactive ketones (excluding diaryl/α,β-unsaturated/α-hetero) is 1. The van der Waals surface area contributed by atoms with Crippen LogP contribution in [0.5, 0.6) is 0 Å². The number of aryl methyl sites for hydroxylation is 2. The number of carbonyl (C=O) groups excluding carboxylic acids is 4. The average Bonchev–Trinajstić information content (AvgIpc) is 4.09. The molecule has 1 fully saturated rings. The summed E-state index contributed by atoms with van der Waals surface area (Å²) in [7, 11) is 0.